The normalized spacial score (nSPS) is 14.4. The monoisotopic (exact) mass is 491 g/mol. The molecular weight excluding hydrogens is 462 g/mol. The summed E-state index contributed by atoms with van der Waals surface area (Å²) in [6, 6.07) is 3.32. The van der Waals surface area contributed by atoms with Crippen molar-refractivity contribution in [2.45, 2.75) is 50.4 Å². The Hall–Kier alpha value is -3.97. The number of carboxylic acid groups (broad SMARTS) is 2. The van der Waals surface area contributed by atoms with Crippen LogP contribution in [0.15, 0.2) is 30.5 Å². The fourth-order valence-corrected chi connectivity index (χ4v) is 3.28. The number of carbonyl (C=O) groups is 5. The van der Waals surface area contributed by atoms with Gasteiger partial charge in [0.25, 0.3) is 0 Å². The average Bonchev–Trinajstić information content (AvgIpc) is 3.21. The van der Waals surface area contributed by atoms with Crippen LogP contribution in [-0.2, 0) is 30.4 Å². The van der Waals surface area contributed by atoms with Gasteiger partial charge in [-0.05, 0) is 25.0 Å². The van der Waals surface area contributed by atoms with Crippen LogP contribution < -0.4 is 21.7 Å². The van der Waals surface area contributed by atoms with Crippen LogP contribution in [0.25, 0.3) is 10.9 Å². The molecule has 0 fully saturated rings. The number of carbonyl (C=O) groups excluding carboxylic acids is 3. The number of aromatic amines is 1. The predicted octanol–water partition coefficient (Wildman–Crippen LogP) is -1.55. The van der Waals surface area contributed by atoms with Crippen molar-refractivity contribution >= 4 is 40.6 Å². The zero-order valence-electron chi connectivity index (χ0n) is 19.0. The number of nitrogens with one attached hydrogen (secondary N) is 4. The van der Waals surface area contributed by atoms with Gasteiger partial charge in [0.05, 0.1) is 12.6 Å². The van der Waals surface area contributed by atoms with E-state index in [2.05, 4.69) is 20.9 Å². The van der Waals surface area contributed by atoms with E-state index in [1.54, 1.807) is 12.3 Å². The Morgan fingerprint density at radius 3 is 2.34 bits per heavy atom. The van der Waals surface area contributed by atoms with Crippen molar-refractivity contribution < 1.29 is 39.3 Å². The van der Waals surface area contributed by atoms with E-state index in [1.807, 2.05) is 18.2 Å². The van der Waals surface area contributed by atoms with Crippen molar-refractivity contribution in [3.8, 4) is 0 Å². The van der Waals surface area contributed by atoms with E-state index in [0.29, 0.717) is 5.56 Å². The number of rotatable bonds is 13. The molecule has 35 heavy (non-hydrogen) atoms. The van der Waals surface area contributed by atoms with Crippen molar-refractivity contribution in [1.82, 2.24) is 20.9 Å². The number of hydrogen-bond acceptors (Lipinski definition) is 7. The molecule has 0 aliphatic heterocycles. The van der Waals surface area contributed by atoms with Crippen LogP contribution in [0.3, 0.4) is 0 Å². The molecule has 13 heteroatoms. The van der Waals surface area contributed by atoms with E-state index in [0.717, 1.165) is 10.9 Å². The van der Waals surface area contributed by atoms with E-state index >= 15 is 0 Å². The molecule has 0 saturated carbocycles. The van der Waals surface area contributed by atoms with Crippen LogP contribution in [0.4, 0.5) is 0 Å². The fourth-order valence-electron chi connectivity index (χ4n) is 3.28. The molecule has 0 bridgehead atoms. The molecule has 3 amide bonds. The third kappa shape index (κ3) is 8.08. The number of benzene rings is 1. The Morgan fingerprint density at radius 1 is 1.03 bits per heavy atom. The number of nitrogens with two attached hydrogens (primary N) is 1. The summed E-state index contributed by atoms with van der Waals surface area (Å²) in [6.07, 6.45) is -0.316. The van der Waals surface area contributed by atoms with Gasteiger partial charge in [-0.15, -0.1) is 0 Å². The average molecular weight is 492 g/mol. The van der Waals surface area contributed by atoms with Gasteiger partial charge in [0.15, 0.2) is 0 Å². The lowest BCUT2D eigenvalue weighted by Gasteiger charge is -2.21. The number of aromatic nitrogens is 1. The zero-order chi connectivity index (χ0) is 26.1. The molecule has 1 heterocycles. The summed E-state index contributed by atoms with van der Waals surface area (Å²) in [5.74, 6) is -5.02. The topological polar surface area (TPSA) is 224 Å². The number of aliphatic hydroxyl groups excluding tert-OH is 1. The summed E-state index contributed by atoms with van der Waals surface area (Å²) in [7, 11) is 0. The van der Waals surface area contributed by atoms with E-state index < -0.39 is 66.9 Å². The van der Waals surface area contributed by atoms with Crippen LogP contribution in [0.5, 0.6) is 0 Å². The summed E-state index contributed by atoms with van der Waals surface area (Å²) in [6.45, 7) is 0.661. The molecule has 2 rings (SSSR count). The molecule has 2 aromatic rings. The summed E-state index contributed by atoms with van der Waals surface area (Å²) in [4.78, 5) is 62.5. The maximum atomic E-state index is 12.5. The van der Waals surface area contributed by atoms with Crippen LogP contribution in [-0.4, -0.2) is 80.7 Å². The minimum Gasteiger partial charge on any atom is -0.481 e. The molecular formula is C22H29N5O8. The van der Waals surface area contributed by atoms with Gasteiger partial charge in [0.2, 0.25) is 17.7 Å². The highest BCUT2D eigenvalue weighted by molar-refractivity contribution is 5.93. The molecule has 0 radical (unpaired) electrons. The number of aliphatic hydroxyl groups is 1. The first-order valence-electron chi connectivity index (χ1n) is 10.8. The van der Waals surface area contributed by atoms with Crippen molar-refractivity contribution in [2.24, 2.45) is 5.73 Å². The predicted molar refractivity (Wildman–Crippen MR) is 123 cm³/mol. The molecule has 13 nitrogen and oxygen atoms in total. The van der Waals surface area contributed by atoms with Crippen LogP contribution in [0, 0.1) is 0 Å². The highest BCUT2D eigenvalue weighted by Crippen LogP contribution is 2.19. The van der Waals surface area contributed by atoms with E-state index in [-0.39, 0.29) is 12.8 Å². The summed E-state index contributed by atoms with van der Waals surface area (Å²) >= 11 is 0. The Morgan fingerprint density at radius 2 is 1.71 bits per heavy atom. The minimum atomic E-state index is -1.35. The SMILES string of the molecule is CC(O)C(N)C(=O)NC(CCC(=O)O)C(=O)NCC(=O)NC(Cc1c[nH]c2ccccc12)C(=O)O. The Kier molecular flexibility index (Phi) is 9.73. The Bertz CT molecular complexity index is 1080. The molecule has 4 atom stereocenters. The quantitative estimate of drug-likeness (QED) is 0.162. The van der Waals surface area contributed by atoms with Gasteiger partial charge in [0.1, 0.15) is 18.1 Å². The van der Waals surface area contributed by atoms with Gasteiger partial charge >= 0.3 is 11.9 Å². The van der Waals surface area contributed by atoms with Gasteiger partial charge in [-0.2, -0.15) is 0 Å². The van der Waals surface area contributed by atoms with Gasteiger partial charge in [0, 0.05) is 29.9 Å². The smallest absolute Gasteiger partial charge is 0.326 e. The number of aliphatic carboxylic acids is 2. The molecule has 0 aliphatic carbocycles. The van der Waals surface area contributed by atoms with Crippen molar-refractivity contribution in [3.63, 3.8) is 0 Å². The number of fused-ring (bicyclic) bond motifs is 1. The number of para-hydroxylation sites is 1. The Balaban J connectivity index is 1.98. The van der Waals surface area contributed by atoms with Crippen molar-refractivity contribution in [1.29, 1.82) is 0 Å². The maximum Gasteiger partial charge on any atom is 0.326 e. The second-order valence-corrected chi connectivity index (χ2v) is 8.00. The number of hydrogen-bond donors (Lipinski definition) is 8. The van der Waals surface area contributed by atoms with Gasteiger partial charge in [-0.25, -0.2) is 4.79 Å². The number of H-pyrrole nitrogens is 1. The van der Waals surface area contributed by atoms with E-state index in [1.165, 1.54) is 6.92 Å². The highest BCUT2D eigenvalue weighted by Gasteiger charge is 2.27. The molecule has 9 N–H and O–H groups in total. The van der Waals surface area contributed by atoms with E-state index in [4.69, 9.17) is 10.8 Å². The van der Waals surface area contributed by atoms with Crippen molar-refractivity contribution in [2.75, 3.05) is 6.54 Å². The van der Waals surface area contributed by atoms with Crippen LogP contribution >= 0.6 is 0 Å². The second-order valence-electron chi connectivity index (χ2n) is 8.00. The van der Waals surface area contributed by atoms with E-state index in [9.17, 15) is 34.2 Å². The van der Waals surface area contributed by atoms with Crippen molar-refractivity contribution in [3.05, 3.63) is 36.0 Å². The second kappa shape index (κ2) is 12.5. The summed E-state index contributed by atoms with van der Waals surface area (Å²) < 4.78 is 0. The molecule has 4 unspecified atom stereocenters. The third-order valence-corrected chi connectivity index (χ3v) is 5.26. The largest absolute Gasteiger partial charge is 0.481 e. The summed E-state index contributed by atoms with van der Waals surface area (Å²) in [5, 5.41) is 35.5. The zero-order valence-corrected chi connectivity index (χ0v) is 19.0. The van der Waals surface area contributed by atoms with Crippen LogP contribution in [0.1, 0.15) is 25.3 Å². The highest BCUT2D eigenvalue weighted by atomic mass is 16.4. The standard InChI is InChI=1S/C22H29N5O8/c1-11(28)19(23)21(33)27-15(6-7-18(30)31)20(32)25-10-17(29)26-16(22(34)35)8-12-9-24-14-5-3-2-4-13(12)14/h2-5,9,11,15-16,19,24,28H,6-8,10,23H2,1H3,(H,25,32)(H,26,29)(H,27,33)(H,30,31)(H,34,35). The Labute approximate surface area is 200 Å². The van der Waals surface area contributed by atoms with Gasteiger partial charge in [-0.1, -0.05) is 18.2 Å². The number of amides is 3. The lowest BCUT2D eigenvalue weighted by atomic mass is 10.0. The minimum absolute atomic E-state index is 0.00639. The molecule has 1 aromatic carbocycles. The third-order valence-electron chi connectivity index (χ3n) is 5.26. The molecule has 1 aromatic heterocycles. The summed E-state index contributed by atoms with van der Waals surface area (Å²) in [5.41, 5.74) is 7.03. The molecule has 190 valence electrons. The first-order chi connectivity index (χ1) is 16.5. The fraction of sp³-hybridized carbons (Fsp3) is 0.409. The molecule has 0 aliphatic rings. The van der Waals surface area contributed by atoms with Crippen LogP contribution in [0.2, 0.25) is 0 Å². The van der Waals surface area contributed by atoms with Gasteiger partial charge < -0.3 is 42.0 Å². The molecule has 0 saturated heterocycles. The lowest BCUT2D eigenvalue weighted by molar-refractivity contribution is -0.141. The number of carboxylic acids is 2. The van der Waals surface area contributed by atoms with Gasteiger partial charge in [-0.3, -0.25) is 19.2 Å². The molecule has 0 spiro atoms. The first kappa shape index (κ1) is 27.3. The first-order valence-corrected chi connectivity index (χ1v) is 10.8. The maximum absolute atomic E-state index is 12.5. The lowest BCUT2D eigenvalue weighted by Crippen LogP contribution is -2.55.